The van der Waals surface area contributed by atoms with E-state index in [0.717, 1.165) is 36.2 Å². The number of anilines is 1. The fourth-order valence-corrected chi connectivity index (χ4v) is 3.58. The second-order valence-electron chi connectivity index (χ2n) is 7.12. The lowest BCUT2D eigenvalue weighted by Crippen LogP contribution is -2.28. The number of amides is 1. The normalized spacial score (nSPS) is 16.4. The lowest BCUT2D eigenvalue weighted by Gasteiger charge is -2.24. The van der Waals surface area contributed by atoms with E-state index in [4.69, 9.17) is 9.47 Å². The first-order valence-corrected chi connectivity index (χ1v) is 9.51. The minimum atomic E-state index is 0.0361. The molecule has 0 unspecified atom stereocenters. The smallest absolute Gasteiger partial charge is 0.247 e. The van der Waals surface area contributed by atoms with Crippen LogP contribution >= 0.6 is 0 Å². The summed E-state index contributed by atoms with van der Waals surface area (Å²) in [5.41, 5.74) is 3.23. The van der Waals surface area contributed by atoms with Crippen molar-refractivity contribution in [3.05, 3.63) is 59.7 Å². The molecule has 1 amide bonds. The van der Waals surface area contributed by atoms with Gasteiger partial charge < -0.3 is 19.3 Å². The van der Waals surface area contributed by atoms with Crippen molar-refractivity contribution in [2.45, 2.75) is 18.9 Å². The maximum atomic E-state index is 12.8. The van der Waals surface area contributed by atoms with Crippen LogP contribution in [-0.4, -0.2) is 45.7 Å². The van der Waals surface area contributed by atoms with E-state index >= 15 is 0 Å². The van der Waals surface area contributed by atoms with Gasteiger partial charge in [-0.2, -0.15) is 0 Å². The number of likely N-dealkylation sites (tertiary alicyclic amines) is 1. The molecule has 1 fully saturated rings. The van der Waals surface area contributed by atoms with E-state index in [1.165, 1.54) is 0 Å². The van der Waals surface area contributed by atoms with E-state index in [9.17, 15) is 4.79 Å². The Morgan fingerprint density at radius 1 is 1.07 bits per heavy atom. The Bertz CT molecular complexity index is 843. The van der Waals surface area contributed by atoms with Crippen LogP contribution in [0.3, 0.4) is 0 Å². The van der Waals surface area contributed by atoms with E-state index in [0.29, 0.717) is 11.5 Å². The van der Waals surface area contributed by atoms with Gasteiger partial charge in [0.25, 0.3) is 0 Å². The van der Waals surface area contributed by atoms with Gasteiger partial charge in [-0.25, -0.2) is 0 Å². The van der Waals surface area contributed by atoms with Gasteiger partial charge in [-0.05, 0) is 54.3 Å². The summed E-state index contributed by atoms with van der Waals surface area (Å²) in [6, 6.07) is 14.1. The molecular weight excluding hydrogens is 352 g/mol. The van der Waals surface area contributed by atoms with Crippen LogP contribution in [-0.2, 0) is 4.79 Å². The third-order valence-corrected chi connectivity index (χ3v) is 5.16. The number of rotatable bonds is 6. The Balaban J connectivity index is 1.74. The average molecular weight is 380 g/mol. The van der Waals surface area contributed by atoms with Gasteiger partial charge >= 0.3 is 0 Å². The molecule has 5 nitrogen and oxygen atoms in total. The zero-order chi connectivity index (χ0) is 20.1. The molecule has 0 radical (unpaired) electrons. The van der Waals surface area contributed by atoms with Crippen molar-refractivity contribution in [2.75, 3.05) is 39.8 Å². The van der Waals surface area contributed by atoms with Crippen LogP contribution in [0.1, 0.15) is 30.0 Å². The number of nitrogens with zero attached hydrogens (tertiary/aromatic N) is 2. The number of hydrogen-bond donors (Lipinski definition) is 0. The Labute approximate surface area is 167 Å². The minimum Gasteiger partial charge on any atom is -0.493 e. The second-order valence-corrected chi connectivity index (χ2v) is 7.12. The molecule has 1 saturated heterocycles. The van der Waals surface area contributed by atoms with Gasteiger partial charge in [-0.15, -0.1) is 0 Å². The molecule has 2 aromatic rings. The van der Waals surface area contributed by atoms with Gasteiger partial charge in [0.2, 0.25) is 5.91 Å². The van der Waals surface area contributed by atoms with Crippen LogP contribution in [0, 0.1) is 0 Å². The van der Waals surface area contributed by atoms with Gasteiger partial charge in [0.15, 0.2) is 11.5 Å². The highest BCUT2D eigenvalue weighted by molar-refractivity contribution is 5.92. The van der Waals surface area contributed by atoms with Crippen LogP contribution in [0.2, 0.25) is 0 Å². The molecule has 0 aromatic heterocycles. The number of benzene rings is 2. The number of ether oxygens (including phenoxy) is 2. The molecule has 28 heavy (non-hydrogen) atoms. The van der Waals surface area contributed by atoms with Crippen molar-refractivity contribution in [3.63, 3.8) is 0 Å². The van der Waals surface area contributed by atoms with Gasteiger partial charge in [0.1, 0.15) is 0 Å². The molecule has 0 spiro atoms. The quantitative estimate of drug-likeness (QED) is 0.706. The summed E-state index contributed by atoms with van der Waals surface area (Å²) < 4.78 is 10.7. The molecule has 1 aliphatic rings. The summed E-state index contributed by atoms with van der Waals surface area (Å²) in [6.07, 6.45) is 5.50. The highest BCUT2D eigenvalue weighted by Gasteiger charge is 2.29. The third kappa shape index (κ3) is 4.30. The topological polar surface area (TPSA) is 42.0 Å². The second kappa shape index (κ2) is 8.83. The molecule has 1 atom stereocenters. The predicted octanol–water partition coefficient (Wildman–Crippen LogP) is 4.15. The van der Waals surface area contributed by atoms with Gasteiger partial charge in [-0.3, -0.25) is 4.79 Å². The predicted molar refractivity (Wildman–Crippen MR) is 113 cm³/mol. The minimum absolute atomic E-state index is 0.0361. The molecule has 1 heterocycles. The van der Waals surface area contributed by atoms with Crippen molar-refractivity contribution < 1.29 is 14.3 Å². The summed E-state index contributed by atoms with van der Waals surface area (Å²) in [6.45, 7) is 0.766. The first-order valence-electron chi connectivity index (χ1n) is 9.51. The molecule has 0 bridgehead atoms. The highest BCUT2D eigenvalue weighted by Crippen LogP contribution is 2.37. The standard InChI is InChI=1S/C23H28N2O3/c1-24(2)19-11-7-17(8-12-19)9-14-23(26)25-15-5-6-20(25)18-10-13-21(27-3)22(16-18)28-4/h7-14,16,20H,5-6,15H2,1-4H3/b14-9+/t20-/m1/s1. The monoisotopic (exact) mass is 380 g/mol. The summed E-state index contributed by atoms with van der Waals surface area (Å²) >= 11 is 0. The first-order chi connectivity index (χ1) is 13.5. The largest absolute Gasteiger partial charge is 0.493 e. The molecule has 3 rings (SSSR count). The zero-order valence-electron chi connectivity index (χ0n) is 17.0. The molecular formula is C23H28N2O3. The van der Waals surface area contributed by atoms with Crippen LogP contribution in [0.5, 0.6) is 11.5 Å². The summed E-state index contributed by atoms with van der Waals surface area (Å²) in [5.74, 6) is 1.42. The summed E-state index contributed by atoms with van der Waals surface area (Å²) in [7, 11) is 7.27. The number of carbonyl (C=O) groups is 1. The van der Waals surface area contributed by atoms with E-state index in [1.54, 1.807) is 20.3 Å². The maximum absolute atomic E-state index is 12.8. The van der Waals surface area contributed by atoms with Gasteiger partial charge in [0.05, 0.1) is 20.3 Å². The third-order valence-electron chi connectivity index (χ3n) is 5.16. The number of carbonyl (C=O) groups excluding carboxylic acids is 1. The maximum Gasteiger partial charge on any atom is 0.247 e. The van der Waals surface area contributed by atoms with Crippen molar-refractivity contribution in [1.82, 2.24) is 4.90 Å². The Kier molecular flexibility index (Phi) is 6.24. The van der Waals surface area contributed by atoms with Crippen molar-refractivity contribution in [3.8, 4) is 11.5 Å². The van der Waals surface area contributed by atoms with E-state index in [1.807, 2.05) is 67.5 Å². The Morgan fingerprint density at radius 2 is 1.79 bits per heavy atom. The van der Waals surface area contributed by atoms with Crippen LogP contribution in [0.4, 0.5) is 5.69 Å². The fraction of sp³-hybridized carbons (Fsp3) is 0.348. The summed E-state index contributed by atoms with van der Waals surface area (Å²) in [4.78, 5) is 16.8. The molecule has 1 aliphatic heterocycles. The molecule has 5 heteroatoms. The lowest BCUT2D eigenvalue weighted by atomic mass is 10.0. The molecule has 2 aromatic carbocycles. The van der Waals surface area contributed by atoms with Crippen molar-refractivity contribution in [1.29, 1.82) is 0 Å². The lowest BCUT2D eigenvalue weighted by molar-refractivity contribution is -0.126. The van der Waals surface area contributed by atoms with Gasteiger partial charge in [-0.1, -0.05) is 18.2 Å². The highest BCUT2D eigenvalue weighted by atomic mass is 16.5. The summed E-state index contributed by atoms with van der Waals surface area (Å²) in [5, 5.41) is 0. The number of methoxy groups -OCH3 is 2. The van der Waals surface area contributed by atoms with Crippen LogP contribution < -0.4 is 14.4 Å². The number of hydrogen-bond acceptors (Lipinski definition) is 4. The fourth-order valence-electron chi connectivity index (χ4n) is 3.58. The van der Waals surface area contributed by atoms with Gasteiger partial charge in [0, 0.05) is 32.4 Å². The molecule has 0 aliphatic carbocycles. The molecule has 148 valence electrons. The van der Waals surface area contributed by atoms with Crippen molar-refractivity contribution in [2.24, 2.45) is 0 Å². The SMILES string of the molecule is COc1ccc([C@H]2CCCN2C(=O)/C=C/c2ccc(N(C)C)cc2)cc1OC. The zero-order valence-corrected chi connectivity index (χ0v) is 17.0. The Morgan fingerprint density at radius 3 is 2.43 bits per heavy atom. The molecule has 0 N–H and O–H groups in total. The average Bonchev–Trinajstić information content (AvgIpc) is 3.21. The van der Waals surface area contributed by atoms with E-state index in [2.05, 4.69) is 4.90 Å². The molecule has 0 saturated carbocycles. The Hall–Kier alpha value is -2.95. The van der Waals surface area contributed by atoms with Crippen LogP contribution in [0.15, 0.2) is 48.5 Å². The van der Waals surface area contributed by atoms with E-state index < -0.39 is 0 Å². The first kappa shape index (κ1) is 19.8. The van der Waals surface area contributed by atoms with Crippen molar-refractivity contribution >= 4 is 17.7 Å². The van der Waals surface area contributed by atoms with E-state index in [-0.39, 0.29) is 11.9 Å². The van der Waals surface area contributed by atoms with Crippen LogP contribution in [0.25, 0.3) is 6.08 Å².